The zero-order valence-electron chi connectivity index (χ0n) is 11.2. The Kier molecular flexibility index (Phi) is 4.49. The zero-order valence-corrected chi connectivity index (χ0v) is 11.2. The summed E-state index contributed by atoms with van der Waals surface area (Å²) in [7, 11) is 0. The largest absolute Gasteiger partial charge is 0.362 e. The lowest BCUT2D eigenvalue weighted by Gasteiger charge is -2.30. The Morgan fingerprint density at radius 2 is 2.25 bits per heavy atom. The van der Waals surface area contributed by atoms with E-state index in [4.69, 9.17) is 0 Å². The van der Waals surface area contributed by atoms with Crippen LogP contribution in [0.3, 0.4) is 0 Å². The predicted octanol–water partition coefficient (Wildman–Crippen LogP) is 2.45. The Morgan fingerprint density at radius 1 is 1.50 bits per heavy atom. The van der Waals surface area contributed by atoms with Crippen molar-refractivity contribution in [2.24, 2.45) is 0 Å². The van der Waals surface area contributed by atoms with Crippen molar-refractivity contribution in [2.45, 2.75) is 25.8 Å². The second kappa shape index (κ2) is 6.13. The van der Waals surface area contributed by atoms with Crippen LogP contribution in [0.2, 0.25) is 0 Å². The summed E-state index contributed by atoms with van der Waals surface area (Å²) in [6, 6.07) is 1.63. The van der Waals surface area contributed by atoms with E-state index in [9.17, 15) is 18.9 Å². The van der Waals surface area contributed by atoms with E-state index < -0.39 is 22.2 Å². The molecule has 5 nitrogen and oxygen atoms in total. The van der Waals surface area contributed by atoms with E-state index in [-0.39, 0.29) is 11.7 Å². The van der Waals surface area contributed by atoms with Crippen LogP contribution in [-0.2, 0) is 0 Å². The van der Waals surface area contributed by atoms with Gasteiger partial charge in [0, 0.05) is 31.3 Å². The van der Waals surface area contributed by atoms with Crippen molar-refractivity contribution in [3.8, 4) is 0 Å². The highest BCUT2D eigenvalue weighted by atomic mass is 19.1. The van der Waals surface area contributed by atoms with E-state index in [0.717, 1.165) is 25.5 Å². The maximum Gasteiger partial charge on any atom is 0.328 e. The summed E-state index contributed by atoms with van der Waals surface area (Å²) in [5.74, 6) is -1.92. The number of nitrogens with one attached hydrogen (secondary N) is 1. The van der Waals surface area contributed by atoms with Crippen molar-refractivity contribution in [1.82, 2.24) is 5.32 Å². The van der Waals surface area contributed by atoms with Gasteiger partial charge in [0.2, 0.25) is 5.82 Å². The van der Waals surface area contributed by atoms with Gasteiger partial charge in [0.25, 0.3) is 0 Å². The smallest absolute Gasteiger partial charge is 0.328 e. The lowest BCUT2D eigenvalue weighted by atomic mass is 10.1. The average molecular weight is 285 g/mol. The first-order valence-corrected chi connectivity index (χ1v) is 6.65. The summed E-state index contributed by atoms with van der Waals surface area (Å²) in [6.45, 7) is 3.92. The molecule has 110 valence electrons. The van der Waals surface area contributed by atoms with Gasteiger partial charge in [-0.25, -0.2) is 4.39 Å². The molecular weight excluding hydrogens is 268 g/mol. The van der Waals surface area contributed by atoms with Crippen molar-refractivity contribution in [3.63, 3.8) is 0 Å². The molecule has 1 saturated heterocycles. The van der Waals surface area contributed by atoms with Crippen LogP contribution in [-0.4, -0.2) is 30.6 Å². The van der Waals surface area contributed by atoms with Crippen LogP contribution in [0.15, 0.2) is 12.1 Å². The molecule has 0 saturated carbocycles. The molecule has 0 amide bonds. The molecule has 1 atom stereocenters. The second-order valence-corrected chi connectivity index (χ2v) is 4.85. The third-order valence-corrected chi connectivity index (χ3v) is 3.44. The van der Waals surface area contributed by atoms with Gasteiger partial charge in [-0.3, -0.25) is 10.1 Å². The fourth-order valence-electron chi connectivity index (χ4n) is 2.60. The maximum atomic E-state index is 13.7. The van der Waals surface area contributed by atoms with E-state index in [1.54, 1.807) is 4.90 Å². The van der Waals surface area contributed by atoms with Gasteiger partial charge in [0.15, 0.2) is 0 Å². The summed E-state index contributed by atoms with van der Waals surface area (Å²) in [4.78, 5) is 12.0. The van der Waals surface area contributed by atoms with Crippen molar-refractivity contribution >= 4 is 11.4 Å². The predicted molar refractivity (Wildman–Crippen MR) is 71.9 cm³/mol. The van der Waals surface area contributed by atoms with Gasteiger partial charge in [-0.1, -0.05) is 6.92 Å². The van der Waals surface area contributed by atoms with Gasteiger partial charge in [-0.15, -0.1) is 0 Å². The molecule has 1 N–H and O–H groups in total. The second-order valence-electron chi connectivity index (χ2n) is 4.85. The Balaban J connectivity index is 2.48. The molecule has 7 heteroatoms. The Hall–Kier alpha value is -1.76. The van der Waals surface area contributed by atoms with Crippen LogP contribution in [0.5, 0.6) is 0 Å². The molecule has 1 aliphatic rings. The first kappa shape index (κ1) is 14.6. The van der Waals surface area contributed by atoms with Crippen LogP contribution in [0.25, 0.3) is 0 Å². The van der Waals surface area contributed by atoms with Crippen LogP contribution >= 0.6 is 0 Å². The molecule has 0 aliphatic carbocycles. The zero-order chi connectivity index (χ0) is 14.7. The Labute approximate surface area is 115 Å². The fraction of sp³-hybridized carbons (Fsp3) is 0.538. The SMILES string of the molecule is CCCN(c1cc(F)cc(F)c1[N+](=O)[O-])C1CCNC1. The van der Waals surface area contributed by atoms with E-state index in [1.165, 1.54) is 0 Å². The number of anilines is 1. The molecule has 0 aromatic heterocycles. The molecule has 2 rings (SSSR count). The Bertz CT molecular complexity index is 505. The van der Waals surface area contributed by atoms with Gasteiger partial charge in [-0.05, 0) is 19.4 Å². The highest BCUT2D eigenvalue weighted by Gasteiger charge is 2.30. The normalized spacial score (nSPS) is 18.2. The highest BCUT2D eigenvalue weighted by molar-refractivity contribution is 5.64. The summed E-state index contributed by atoms with van der Waals surface area (Å²) in [5.41, 5.74) is -0.616. The van der Waals surface area contributed by atoms with Crippen molar-refractivity contribution < 1.29 is 13.7 Å². The molecule has 1 fully saturated rings. The van der Waals surface area contributed by atoms with Crippen molar-refractivity contribution in [2.75, 3.05) is 24.5 Å². The molecule has 1 aromatic rings. The topological polar surface area (TPSA) is 58.4 Å². The number of rotatable bonds is 5. The molecule has 0 bridgehead atoms. The number of hydrogen-bond acceptors (Lipinski definition) is 4. The number of nitro benzene ring substituents is 1. The third kappa shape index (κ3) is 2.87. The van der Waals surface area contributed by atoms with Crippen LogP contribution < -0.4 is 10.2 Å². The molecule has 1 unspecified atom stereocenters. The molecule has 20 heavy (non-hydrogen) atoms. The van der Waals surface area contributed by atoms with E-state index in [2.05, 4.69) is 5.32 Å². The van der Waals surface area contributed by atoms with Crippen LogP contribution in [0.4, 0.5) is 20.2 Å². The molecule has 0 radical (unpaired) electrons. The van der Waals surface area contributed by atoms with Crippen molar-refractivity contribution in [3.05, 3.63) is 33.9 Å². The van der Waals surface area contributed by atoms with Gasteiger partial charge < -0.3 is 10.2 Å². The monoisotopic (exact) mass is 285 g/mol. The number of halogens is 2. The molecule has 1 aliphatic heterocycles. The standard InChI is InChI=1S/C13H17F2N3O2/c1-2-5-17(10-3-4-16-8-10)12-7-9(14)6-11(15)13(12)18(19)20/h6-7,10,16H,2-5,8H2,1H3. The lowest BCUT2D eigenvalue weighted by Crippen LogP contribution is -2.38. The molecular formula is C13H17F2N3O2. The summed E-state index contributed by atoms with van der Waals surface area (Å²) < 4.78 is 27.2. The lowest BCUT2D eigenvalue weighted by molar-refractivity contribution is -0.386. The summed E-state index contributed by atoms with van der Waals surface area (Å²) >= 11 is 0. The maximum absolute atomic E-state index is 13.7. The minimum atomic E-state index is -1.13. The van der Waals surface area contributed by atoms with E-state index in [1.807, 2.05) is 6.92 Å². The first-order chi connectivity index (χ1) is 9.54. The van der Waals surface area contributed by atoms with E-state index >= 15 is 0 Å². The highest BCUT2D eigenvalue weighted by Crippen LogP contribution is 2.34. The quantitative estimate of drug-likeness (QED) is 0.667. The van der Waals surface area contributed by atoms with Gasteiger partial charge in [0.1, 0.15) is 11.5 Å². The number of benzene rings is 1. The first-order valence-electron chi connectivity index (χ1n) is 6.65. The van der Waals surface area contributed by atoms with Crippen molar-refractivity contribution in [1.29, 1.82) is 0 Å². The minimum absolute atomic E-state index is 0.0230. The van der Waals surface area contributed by atoms with Gasteiger partial charge >= 0.3 is 5.69 Å². The van der Waals surface area contributed by atoms with Crippen LogP contribution in [0.1, 0.15) is 19.8 Å². The molecule has 1 heterocycles. The van der Waals surface area contributed by atoms with Crippen LogP contribution in [0, 0.1) is 21.7 Å². The minimum Gasteiger partial charge on any atom is -0.362 e. The van der Waals surface area contributed by atoms with Gasteiger partial charge in [0.05, 0.1) is 4.92 Å². The molecule has 0 spiro atoms. The fourth-order valence-corrected chi connectivity index (χ4v) is 2.60. The summed E-state index contributed by atoms with van der Waals surface area (Å²) in [6.07, 6.45) is 1.54. The number of nitro groups is 1. The number of hydrogen-bond donors (Lipinski definition) is 1. The third-order valence-electron chi connectivity index (χ3n) is 3.44. The Morgan fingerprint density at radius 3 is 2.80 bits per heavy atom. The number of nitrogens with zero attached hydrogens (tertiary/aromatic N) is 2. The summed E-state index contributed by atoms with van der Waals surface area (Å²) in [5, 5.41) is 14.2. The average Bonchev–Trinajstić information content (AvgIpc) is 2.87. The van der Waals surface area contributed by atoms with Gasteiger partial charge in [-0.2, -0.15) is 4.39 Å². The molecule has 1 aromatic carbocycles. The van der Waals surface area contributed by atoms with E-state index in [0.29, 0.717) is 19.2 Å².